The summed E-state index contributed by atoms with van der Waals surface area (Å²) in [6, 6.07) is 2.37. The molecule has 17 heavy (non-hydrogen) atoms. The van der Waals surface area contributed by atoms with Crippen LogP contribution in [0.25, 0.3) is 0 Å². The molecular weight excluding hydrogens is 272 g/mol. The lowest BCUT2D eigenvalue weighted by atomic mass is 10.2. The summed E-state index contributed by atoms with van der Waals surface area (Å²) in [7, 11) is 0. The van der Waals surface area contributed by atoms with Crippen LogP contribution in [-0.2, 0) is 6.42 Å². The summed E-state index contributed by atoms with van der Waals surface area (Å²) >= 11 is 9.21. The van der Waals surface area contributed by atoms with Crippen molar-refractivity contribution in [2.45, 2.75) is 26.3 Å². The van der Waals surface area contributed by atoms with Gasteiger partial charge in [0.1, 0.15) is 0 Å². The zero-order valence-electron chi connectivity index (χ0n) is 9.87. The highest BCUT2D eigenvalue weighted by molar-refractivity contribution is 7.14. The summed E-state index contributed by atoms with van der Waals surface area (Å²) in [5.74, 6) is 0. The number of nitrogens with one attached hydrogen (secondary N) is 1. The summed E-state index contributed by atoms with van der Waals surface area (Å²) < 4.78 is 0.851. The summed E-state index contributed by atoms with van der Waals surface area (Å²) in [5, 5.41) is 8.85. The fourth-order valence-electron chi connectivity index (χ4n) is 1.61. The summed E-state index contributed by atoms with van der Waals surface area (Å²) in [4.78, 5) is 4.44. The minimum atomic E-state index is 0.346. The lowest BCUT2D eigenvalue weighted by molar-refractivity contribution is 0.576. The summed E-state index contributed by atoms with van der Waals surface area (Å²) in [6.45, 7) is 5.14. The molecule has 92 valence electrons. The molecule has 0 saturated heterocycles. The van der Waals surface area contributed by atoms with E-state index in [9.17, 15) is 0 Å². The van der Waals surface area contributed by atoms with Crippen LogP contribution in [0.3, 0.4) is 0 Å². The van der Waals surface area contributed by atoms with E-state index in [4.69, 9.17) is 11.6 Å². The van der Waals surface area contributed by atoms with E-state index in [-0.39, 0.29) is 0 Å². The van der Waals surface area contributed by atoms with E-state index >= 15 is 0 Å². The zero-order chi connectivity index (χ0) is 12.3. The fourth-order valence-corrected chi connectivity index (χ4v) is 3.24. The third kappa shape index (κ3) is 3.78. The monoisotopic (exact) mass is 286 g/mol. The number of thiophene rings is 1. The molecule has 1 N–H and O–H groups in total. The predicted octanol–water partition coefficient (Wildman–Crippen LogP) is 4.06. The van der Waals surface area contributed by atoms with Gasteiger partial charge in [0.25, 0.3) is 0 Å². The number of thiazole rings is 1. The predicted molar refractivity (Wildman–Crippen MR) is 76.3 cm³/mol. The van der Waals surface area contributed by atoms with Crippen molar-refractivity contribution in [3.8, 4) is 0 Å². The lowest BCUT2D eigenvalue weighted by Crippen LogP contribution is -2.21. The van der Waals surface area contributed by atoms with Crippen LogP contribution in [0.15, 0.2) is 16.8 Å². The van der Waals surface area contributed by atoms with Gasteiger partial charge in [0.2, 0.25) is 0 Å². The highest BCUT2D eigenvalue weighted by Crippen LogP contribution is 2.24. The van der Waals surface area contributed by atoms with Gasteiger partial charge >= 0.3 is 0 Å². The van der Waals surface area contributed by atoms with Crippen molar-refractivity contribution in [3.63, 3.8) is 0 Å². The van der Waals surface area contributed by atoms with Crippen molar-refractivity contribution >= 4 is 34.3 Å². The normalized spacial score (nSPS) is 12.9. The van der Waals surface area contributed by atoms with E-state index < -0.39 is 0 Å². The molecule has 0 aliphatic rings. The Hall–Kier alpha value is -0.420. The quantitative estimate of drug-likeness (QED) is 0.896. The first kappa shape index (κ1) is 13.0. The lowest BCUT2D eigenvalue weighted by Gasteiger charge is -2.11. The van der Waals surface area contributed by atoms with Crippen LogP contribution >= 0.6 is 34.3 Å². The molecule has 0 aromatic carbocycles. The Labute approximate surface area is 115 Å². The Morgan fingerprint density at radius 3 is 2.82 bits per heavy atom. The van der Waals surface area contributed by atoms with E-state index in [2.05, 4.69) is 28.0 Å². The van der Waals surface area contributed by atoms with Crippen molar-refractivity contribution in [1.29, 1.82) is 0 Å². The highest BCUT2D eigenvalue weighted by Gasteiger charge is 2.07. The van der Waals surface area contributed by atoms with Crippen LogP contribution in [-0.4, -0.2) is 11.5 Å². The van der Waals surface area contributed by atoms with Crippen molar-refractivity contribution in [2.24, 2.45) is 0 Å². The van der Waals surface area contributed by atoms with Crippen molar-refractivity contribution in [3.05, 3.63) is 37.4 Å². The van der Waals surface area contributed by atoms with E-state index in [0.717, 1.165) is 22.3 Å². The second-order valence-corrected chi connectivity index (χ2v) is 6.57. The molecule has 0 radical (unpaired) electrons. The Bertz CT molecular complexity index is 478. The summed E-state index contributed by atoms with van der Waals surface area (Å²) in [6.07, 6.45) is 0.979. The smallest absolute Gasteiger partial charge is 0.0931 e. The number of hydrogen-bond donors (Lipinski definition) is 1. The largest absolute Gasteiger partial charge is 0.310 e. The van der Waals surface area contributed by atoms with Crippen LogP contribution in [0.1, 0.15) is 29.2 Å². The van der Waals surface area contributed by atoms with Crippen LogP contribution in [0, 0.1) is 6.92 Å². The maximum atomic E-state index is 5.92. The average molecular weight is 287 g/mol. The first-order valence-corrected chi connectivity index (χ1v) is 7.67. The standard InChI is InChI=1S/C12H15ClN2S2/c1-8(10-5-12(13)17-6-10)14-4-3-11-7-16-9(2)15-11/h5-8,14H,3-4H2,1-2H3. The molecule has 2 rings (SSSR count). The second-order valence-electron chi connectivity index (χ2n) is 3.97. The third-order valence-corrected chi connectivity index (χ3v) is 4.52. The van der Waals surface area contributed by atoms with E-state index in [1.165, 1.54) is 11.3 Å². The first-order chi connectivity index (χ1) is 8.15. The molecule has 2 aromatic heterocycles. The molecule has 1 atom stereocenters. The third-order valence-electron chi connectivity index (χ3n) is 2.59. The number of aromatic nitrogens is 1. The van der Waals surface area contributed by atoms with E-state index in [1.807, 2.05) is 13.0 Å². The Balaban J connectivity index is 1.78. The van der Waals surface area contributed by atoms with Gasteiger partial charge in [0, 0.05) is 24.4 Å². The minimum Gasteiger partial charge on any atom is -0.310 e. The molecule has 2 heterocycles. The summed E-state index contributed by atoms with van der Waals surface area (Å²) in [5.41, 5.74) is 2.44. The molecular formula is C12H15ClN2S2. The second kappa shape index (κ2) is 5.96. The minimum absolute atomic E-state index is 0.346. The maximum absolute atomic E-state index is 5.92. The van der Waals surface area contributed by atoms with Crippen molar-refractivity contribution in [2.75, 3.05) is 6.54 Å². The molecule has 2 nitrogen and oxygen atoms in total. The molecule has 0 bridgehead atoms. The molecule has 0 fully saturated rings. The maximum Gasteiger partial charge on any atom is 0.0931 e. The molecule has 2 aromatic rings. The molecule has 5 heteroatoms. The van der Waals surface area contributed by atoms with Crippen LogP contribution in [0.5, 0.6) is 0 Å². The number of halogens is 1. The van der Waals surface area contributed by atoms with Crippen LogP contribution in [0.4, 0.5) is 0 Å². The molecule has 0 aliphatic heterocycles. The van der Waals surface area contributed by atoms with Gasteiger partial charge in [0.05, 0.1) is 15.0 Å². The first-order valence-electron chi connectivity index (χ1n) is 5.53. The molecule has 1 unspecified atom stereocenters. The molecule has 0 spiro atoms. The Morgan fingerprint density at radius 1 is 1.41 bits per heavy atom. The van der Waals surface area contributed by atoms with E-state index in [0.29, 0.717) is 6.04 Å². The Kier molecular flexibility index (Phi) is 4.56. The van der Waals surface area contributed by atoms with Crippen LogP contribution < -0.4 is 5.32 Å². The highest BCUT2D eigenvalue weighted by atomic mass is 35.5. The zero-order valence-corrected chi connectivity index (χ0v) is 12.3. The Morgan fingerprint density at radius 2 is 2.24 bits per heavy atom. The van der Waals surface area contributed by atoms with Gasteiger partial charge in [-0.25, -0.2) is 4.98 Å². The molecule has 0 saturated carbocycles. The topological polar surface area (TPSA) is 24.9 Å². The number of nitrogens with zero attached hydrogens (tertiary/aromatic N) is 1. The SMILES string of the molecule is Cc1nc(CCNC(C)c2csc(Cl)c2)cs1. The van der Waals surface area contributed by atoms with Crippen molar-refractivity contribution < 1.29 is 0 Å². The van der Waals surface area contributed by atoms with Gasteiger partial charge in [-0.1, -0.05) is 11.6 Å². The van der Waals surface area contributed by atoms with E-state index in [1.54, 1.807) is 22.7 Å². The van der Waals surface area contributed by atoms with Gasteiger partial charge in [-0.2, -0.15) is 0 Å². The van der Waals surface area contributed by atoms with Gasteiger partial charge in [-0.15, -0.1) is 22.7 Å². The molecule has 0 aliphatic carbocycles. The van der Waals surface area contributed by atoms with Crippen LogP contribution in [0.2, 0.25) is 4.34 Å². The van der Waals surface area contributed by atoms with Gasteiger partial charge < -0.3 is 5.32 Å². The number of rotatable bonds is 5. The number of aryl methyl sites for hydroxylation is 1. The van der Waals surface area contributed by atoms with Gasteiger partial charge in [-0.05, 0) is 30.9 Å². The van der Waals surface area contributed by atoms with Gasteiger partial charge in [0.15, 0.2) is 0 Å². The van der Waals surface area contributed by atoms with Gasteiger partial charge in [-0.3, -0.25) is 0 Å². The van der Waals surface area contributed by atoms with Crippen molar-refractivity contribution in [1.82, 2.24) is 10.3 Å². The number of hydrogen-bond acceptors (Lipinski definition) is 4. The average Bonchev–Trinajstić information content (AvgIpc) is 2.88. The fraction of sp³-hybridized carbons (Fsp3) is 0.417. The molecule has 0 amide bonds.